The van der Waals surface area contributed by atoms with Gasteiger partial charge < -0.3 is 14.9 Å². The molecule has 0 fully saturated rings. The molecule has 0 bridgehead atoms. The monoisotopic (exact) mass is 394 g/mol. The number of aromatic hydroxyl groups is 1. The van der Waals surface area contributed by atoms with Crippen LogP contribution in [0.15, 0.2) is 42.0 Å². The fourth-order valence-electron chi connectivity index (χ4n) is 2.49. The number of fused-ring (bicyclic) bond motifs is 1. The number of aldehydes is 1. The second-order valence-corrected chi connectivity index (χ2v) is 6.17. The Bertz CT molecular complexity index is 932. The first-order valence-electron chi connectivity index (χ1n) is 8.06. The normalized spacial score (nSPS) is 15.3. The van der Waals surface area contributed by atoms with Gasteiger partial charge in [0.25, 0.3) is 0 Å². The molecular weight excluding hydrogens is 377 g/mol. The largest absolute Gasteiger partial charge is 0.507 e. The molecule has 0 saturated carbocycles. The Balaban J connectivity index is 0.000000237. The molecule has 3 rings (SSSR count). The Hall–Kier alpha value is -3.29. The highest BCUT2D eigenvalue weighted by Gasteiger charge is 2.48. The number of benzene rings is 2. The van der Waals surface area contributed by atoms with Crippen LogP contribution in [0.2, 0.25) is 0 Å². The maximum Gasteiger partial charge on any atom is 0.430 e. The molecule has 0 radical (unpaired) electrons. The number of rotatable bonds is 2. The molecule has 2 aromatic rings. The van der Waals surface area contributed by atoms with Gasteiger partial charge in [-0.3, -0.25) is 4.79 Å². The summed E-state index contributed by atoms with van der Waals surface area (Å²) in [5, 5.41) is 17.9. The predicted molar refractivity (Wildman–Crippen MR) is 95.5 cm³/mol. The summed E-state index contributed by atoms with van der Waals surface area (Å²) in [4.78, 5) is 21.0. The van der Waals surface area contributed by atoms with Gasteiger partial charge >= 0.3 is 12.1 Å². The fourth-order valence-corrected chi connectivity index (χ4v) is 2.49. The fraction of sp³-hybridized carbons (Fsp3) is 0.200. The Morgan fingerprint density at radius 3 is 2.25 bits per heavy atom. The van der Waals surface area contributed by atoms with Crippen LogP contribution in [0.3, 0.4) is 0 Å². The molecule has 2 N–H and O–H groups in total. The van der Waals surface area contributed by atoms with Gasteiger partial charge in [-0.25, -0.2) is 4.79 Å². The highest BCUT2D eigenvalue weighted by atomic mass is 19.4. The van der Waals surface area contributed by atoms with Gasteiger partial charge in [-0.2, -0.15) is 13.2 Å². The van der Waals surface area contributed by atoms with Gasteiger partial charge in [0, 0.05) is 5.56 Å². The highest BCUT2D eigenvalue weighted by molar-refractivity contribution is 5.95. The van der Waals surface area contributed by atoms with E-state index in [0.717, 1.165) is 17.2 Å². The van der Waals surface area contributed by atoms with E-state index in [1.807, 2.05) is 6.92 Å². The molecule has 2 aromatic carbocycles. The van der Waals surface area contributed by atoms with E-state index in [2.05, 4.69) is 0 Å². The standard InChI is InChI=1S/C12H9F3O3.C8H8O2/c1-6-2-3-9-7(4-6)5-8(11(16)17)10(18-9)12(13,14)15;1-6-2-3-7(5-9)8(10)4-6/h2-5,10H,1H3,(H,16,17);2-5,10H,1H3. The lowest BCUT2D eigenvalue weighted by atomic mass is 10.00. The van der Waals surface area contributed by atoms with Gasteiger partial charge in [-0.15, -0.1) is 0 Å². The van der Waals surface area contributed by atoms with Crippen molar-refractivity contribution in [1.82, 2.24) is 0 Å². The third kappa shape index (κ3) is 4.91. The van der Waals surface area contributed by atoms with Gasteiger partial charge in [0.15, 0.2) is 6.29 Å². The molecule has 1 unspecified atom stereocenters. The lowest BCUT2D eigenvalue weighted by molar-refractivity contribution is -0.187. The van der Waals surface area contributed by atoms with Crippen molar-refractivity contribution in [2.75, 3.05) is 0 Å². The quantitative estimate of drug-likeness (QED) is 0.742. The van der Waals surface area contributed by atoms with E-state index in [0.29, 0.717) is 17.4 Å². The van der Waals surface area contributed by atoms with Crippen LogP contribution < -0.4 is 4.74 Å². The van der Waals surface area contributed by atoms with E-state index in [4.69, 9.17) is 14.9 Å². The summed E-state index contributed by atoms with van der Waals surface area (Å²) in [5.74, 6) is -1.55. The number of hydrogen-bond acceptors (Lipinski definition) is 4. The topological polar surface area (TPSA) is 83.8 Å². The molecule has 0 aromatic heterocycles. The Labute approximate surface area is 158 Å². The maximum atomic E-state index is 12.7. The average molecular weight is 394 g/mol. The van der Waals surface area contributed by atoms with Crippen molar-refractivity contribution >= 4 is 18.3 Å². The van der Waals surface area contributed by atoms with Crippen molar-refractivity contribution in [3.05, 3.63) is 64.2 Å². The molecule has 0 amide bonds. The van der Waals surface area contributed by atoms with E-state index < -0.39 is 23.8 Å². The van der Waals surface area contributed by atoms with Crippen molar-refractivity contribution in [3.63, 3.8) is 0 Å². The molecular formula is C20H17F3O5. The lowest BCUT2D eigenvalue weighted by Gasteiger charge is -2.27. The first-order chi connectivity index (χ1) is 13.0. The van der Waals surface area contributed by atoms with Gasteiger partial charge in [-0.1, -0.05) is 17.7 Å². The molecule has 5 nitrogen and oxygen atoms in total. The van der Waals surface area contributed by atoms with Crippen LogP contribution in [0.5, 0.6) is 11.5 Å². The summed E-state index contributed by atoms with van der Waals surface area (Å²) in [6, 6.07) is 9.51. The van der Waals surface area contributed by atoms with Crippen LogP contribution in [0, 0.1) is 13.8 Å². The van der Waals surface area contributed by atoms with Gasteiger partial charge in [0.2, 0.25) is 6.10 Å². The molecule has 0 aliphatic carbocycles. The van der Waals surface area contributed by atoms with Crippen LogP contribution in [0.4, 0.5) is 13.2 Å². The lowest BCUT2D eigenvalue weighted by Crippen LogP contribution is -2.40. The van der Waals surface area contributed by atoms with Crippen LogP contribution in [-0.4, -0.2) is 34.7 Å². The number of halogens is 3. The number of phenols is 1. The molecule has 148 valence electrons. The number of aliphatic carboxylic acids is 1. The van der Waals surface area contributed by atoms with Crippen molar-refractivity contribution in [2.24, 2.45) is 0 Å². The molecule has 28 heavy (non-hydrogen) atoms. The number of carbonyl (C=O) groups is 2. The summed E-state index contributed by atoms with van der Waals surface area (Å²) >= 11 is 0. The predicted octanol–water partition coefficient (Wildman–Crippen LogP) is 4.30. The number of carboxylic acid groups (broad SMARTS) is 1. The molecule has 0 saturated heterocycles. The summed E-state index contributed by atoms with van der Waals surface area (Å²) in [7, 11) is 0. The van der Waals surface area contributed by atoms with Gasteiger partial charge in [0.05, 0.1) is 11.1 Å². The highest BCUT2D eigenvalue weighted by Crippen LogP contribution is 2.37. The first kappa shape index (κ1) is 21.0. The van der Waals surface area contributed by atoms with Crippen molar-refractivity contribution in [1.29, 1.82) is 0 Å². The summed E-state index contributed by atoms with van der Waals surface area (Å²) < 4.78 is 42.8. The Kier molecular flexibility index (Phi) is 6.12. The number of alkyl halides is 3. The summed E-state index contributed by atoms with van der Waals surface area (Å²) in [6.45, 7) is 3.61. The Morgan fingerprint density at radius 1 is 1.11 bits per heavy atom. The second kappa shape index (κ2) is 8.16. The van der Waals surface area contributed by atoms with E-state index in [1.54, 1.807) is 37.3 Å². The van der Waals surface area contributed by atoms with Gasteiger partial charge in [0.1, 0.15) is 11.5 Å². The number of ether oxygens (including phenoxy) is 1. The third-order valence-electron chi connectivity index (χ3n) is 3.86. The van der Waals surface area contributed by atoms with Crippen molar-refractivity contribution < 1.29 is 37.7 Å². The van der Waals surface area contributed by atoms with Crippen LogP contribution in [0.25, 0.3) is 6.08 Å². The minimum atomic E-state index is -4.76. The summed E-state index contributed by atoms with van der Waals surface area (Å²) in [6.07, 6.45) is -5.54. The van der Waals surface area contributed by atoms with E-state index in [-0.39, 0.29) is 11.5 Å². The molecule has 1 atom stereocenters. The molecule has 1 heterocycles. The molecule has 0 spiro atoms. The number of aryl methyl sites for hydroxylation is 2. The zero-order valence-electron chi connectivity index (χ0n) is 14.9. The Morgan fingerprint density at radius 2 is 1.71 bits per heavy atom. The van der Waals surface area contributed by atoms with Crippen molar-refractivity contribution in [3.8, 4) is 11.5 Å². The number of phenolic OH excluding ortho intramolecular Hbond substituents is 1. The second-order valence-electron chi connectivity index (χ2n) is 6.17. The SMILES string of the molecule is Cc1ccc(C=O)c(O)c1.Cc1ccc2c(c1)C=C(C(=O)O)C(C(F)(F)F)O2. The summed E-state index contributed by atoms with van der Waals surface area (Å²) in [5.41, 5.74) is 1.63. The number of hydrogen-bond donors (Lipinski definition) is 2. The van der Waals surface area contributed by atoms with Crippen LogP contribution in [0.1, 0.15) is 27.0 Å². The number of carbonyl (C=O) groups excluding carboxylic acids is 1. The molecule has 1 aliphatic rings. The van der Waals surface area contributed by atoms with E-state index >= 15 is 0 Å². The van der Waals surface area contributed by atoms with Crippen molar-refractivity contribution in [2.45, 2.75) is 26.1 Å². The van der Waals surface area contributed by atoms with Gasteiger partial charge in [-0.05, 0) is 49.8 Å². The van der Waals surface area contributed by atoms with Crippen LogP contribution >= 0.6 is 0 Å². The van der Waals surface area contributed by atoms with E-state index in [1.165, 1.54) is 6.07 Å². The average Bonchev–Trinajstić information content (AvgIpc) is 2.60. The third-order valence-corrected chi connectivity index (χ3v) is 3.86. The smallest absolute Gasteiger partial charge is 0.430 e. The number of carboxylic acids is 1. The molecule has 1 aliphatic heterocycles. The minimum absolute atomic E-state index is 0.0351. The zero-order valence-corrected chi connectivity index (χ0v) is 14.9. The zero-order chi connectivity index (χ0) is 21.1. The van der Waals surface area contributed by atoms with Crippen LogP contribution in [-0.2, 0) is 4.79 Å². The minimum Gasteiger partial charge on any atom is -0.507 e. The first-order valence-corrected chi connectivity index (χ1v) is 8.06. The van der Waals surface area contributed by atoms with E-state index in [9.17, 15) is 22.8 Å². The molecule has 8 heteroatoms. The maximum absolute atomic E-state index is 12.7.